The molecule has 0 fully saturated rings. The second kappa shape index (κ2) is 11.2. The van der Waals surface area contributed by atoms with Gasteiger partial charge in [-0.1, -0.05) is 0 Å². The lowest BCUT2D eigenvalue weighted by molar-refractivity contribution is 0.312. The predicted octanol–water partition coefficient (Wildman–Crippen LogP) is 4.65. The third-order valence-corrected chi connectivity index (χ3v) is 7.59. The third kappa shape index (κ3) is 6.21. The summed E-state index contributed by atoms with van der Waals surface area (Å²) in [5, 5.41) is 12.1. The van der Waals surface area contributed by atoms with Gasteiger partial charge in [-0.05, 0) is 68.1 Å². The summed E-state index contributed by atoms with van der Waals surface area (Å²) in [5.74, 6) is 3.30. The van der Waals surface area contributed by atoms with Gasteiger partial charge in [0.2, 0.25) is 5.88 Å². The Morgan fingerprint density at radius 3 is 2.74 bits per heavy atom. The molecule has 6 rings (SSSR count). The van der Waals surface area contributed by atoms with Gasteiger partial charge in [0, 0.05) is 35.5 Å². The van der Waals surface area contributed by atoms with Crippen molar-refractivity contribution in [2.24, 2.45) is 0 Å². The van der Waals surface area contributed by atoms with Crippen molar-refractivity contribution >= 4 is 37.9 Å². The van der Waals surface area contributed by atoms with E-state index in [1.54, 1.807) is 23.1 Å². The van der Waals surface area contributed by atoms with Crippen molar-refractivity contribution in [3.05, 3.63) is 84.9 Å². The number of nitrogens with zero attached hydrogens (tertiary/aromatic N) is 7. The summed E-state index contributed by atoms with van der Waals surface area (Å²) < 4.78 is 36.8. The maximum absolute atomic E-state index is 11.5. The normalized spacial score (nSPS) is 11.9. The molecule has 214 valence electrons. The Kier molecular flexibility index (Phi) is 7.27. The highest BCUT2D eigenvalue weighted by atomic mass is 32.2. The average Bonchev–Trinajstić information content (AvgIpc) is 3.62. The fraction of sp³-hybridized carbons (Fsp3) is 0.207. The Morgan fingerprint density at radius 2 is 1.90 bits per heavy atom. The van der Waals surface area contributed by atoms with E-state index in [9.17, 15) is 8.42 Å². The minimum absolute atomic E-state index is 0.101. The number of anilines is 2. The zero-order chi connectivity index (χ0) is 29.3. The highest BCUT2D eigenvalue weighted by Crippen LogP contribution is 2.32. The lowest BCUT2D eigenvalue weighted by Crippen LogP contribution is -2.24. The van der Waals surface area contributed by atoms with Crippen LogP contribution >= 0.6 is 0 Å². The number of hydrogen-bond donors (Lipinski definition) is 1. The van der Waals surface area contributed by atoms with Crippen LogP contribution in [-0.4, -0.2) is 68.5 Å². The molecule has 0 bridgehead atoms. The molecule has 0 unspecified atom stereocenters. The molecule has 6 aromatic rings. The second-order valence-corrected chi connectivity index (χ2v) is 12.4. The van der Waals surface area contributed by atoms with E-state index < -0.39 is 9.84 Å². The van der Waals surface area contributed by atoms with Crippen LogP contribution in [0.1, 0.15) is 11.3 Å². The van der Waals surface area contributed by atoms with E-state index in [2.05, 4.69) is 30.5 Å². The van der Waals surface area contributed by atoms with Gasteiger partial charge in [0.15, 0.2) is 5.65 Å². The van der Waals surface area contributed by atoms with E-state index in [4.69, 9.17) is 9.15 Å². The first-order valence-electron chi connectivity index (χ1n) is 13.1. The van der Waals surface area contributed by atoms with E-state index in [-0.39, 0.29) is 5.75 Å². The monoisotopic (exact) mass is 584 g/mol. The standard InChI is InChI=1S/C29H28N8O4S/c1-19-12-21(5-8-25(19)41-28-14-27-35-33-18-37(27)17-32-28)34-29-23-13-20(4-7-24(23)30-16-31-29)26-9-6-22(40-26)15-36(2)10-11-42(3,38)39/h4-9,12-14,16-18H,10-11,15H2,1-3H3,(H,30,31,34). The molecular formula is C29H28N8O4S. The number of ether oxygens (including phenoxy) is 1. The van der Waals surface area contributed by atoms with Crippen LogP contribution in [0.25, 0.3) is 27.9 Å². The molecule has 0 radical (unpaired) electrons. The number of furan rings is 1. The van der Waals surface area contributed by atoms with Gasteiger partial charge in [-0.25, -0.2) is 23.4 Å². The summed E-state index contributed by atoms with van der Waals surface area (Å²) in [6, 6.07) is 17.2. The van der Waals surface area contributed by atoms with E-state index in [0.717, 1.165) is 33.5 Å². The number of fused-ring (bicyclic) bond motifs is 2. The van der Waals surface area contributed by atoms with Crippen LogP contribution in [0.2, 0.25) is 0 Å². The molecule has 0 aliphatic heterocycles. The predicted molar refractivity (Wildman–Crippen MR) is 159 cm³/mol. The van der Waals surface area contributed by atoms with Gasteiger partial charge in [-0.2, -0.15) is 0 Å². The van der Waals surface area contributed by atoms with E-state index in [0.29, 0.717) is 41.9 Å². The van der Waals surface area contributed by atoms with Crippen LogP contribution in [0, 0.1) is 6.92 Å². The summed E-state index contributed by atoms with van der Waals surface area (Å²) in [6.45, 7) is 2.89. The zero-order valence-electron chi connectivity index (χ0n) is 23.2. The molecule has 0 amide bonds. The van der Waals surface area contributed by atoms with Crippen LogP contribution in [0.4, 0.5) is 11.5 Å². The number of sulfone groups is 1. The fourth-order valence-corrected chi connectivity index (χ4v) is 5.10. The Morgan fingerprint density at radius 1 is 1.02 bits per heavy atom. The van der Waals surface area contributed by atoms with Crippen molar-refractivity contribution < 1.29 is 17.6 Å². The van der Waals surface area contributed by atoms with E-state index >= 15 is 0 Å². The van der Waals surface area contributed by atoms with Gasteiger partial charge in [-0.15, -0.1) is 10.2 Å². The number of nitrogens with one attached hydrogen (secondary N) is 1. The van der Waals surface area contributed by atoms with Gasteiger partial charge in [-0.3, -0.25) is 9.30 Å². The molecule has 4 aromatic heterocycles. The highest BCUT2D eigenvalue weighted by molar-refractivity contribution is 7.90. The maximum atomic E-state index is 11.5. The first-order chi connectivity index (χ1) is 20.2. The number of hydrogen-bond acceptors (Lipinski definition) is 11. The van der Waals surface area contributed by atoms with Crippen LogP contribution < -0.4 is 10.1 Å². The van der Waals surface area contributed by atoms with Gasteiger partial charge in [0.25, 0.3) is 0 Å². The van der Waals surface area contributed by atoms with Crippen LogP contribution in [0.5, 0.6) is 11.6 Å². The molecule has 0 aliphatic carbocycles. The molecular weight excluding hydrogens is 556 g/mol. The summed E-state index contributed by atoms with van der Waals surface area (Å²) >= 11 is 0. The zero-order valence-corrected chi connectivity index (χ0v) is 24.0. The average molecular weight is 585 g/mol. The number of benzene rings is 2. The molecule has 0 saturated carbocycles. The van der Waals surface area contributed by atoms with Crippen LogP contribution in [0.3, 0.4) is 0 Å². The van der Waals surface area contributed by atoms with Crippen molar-refractivity contribution in [3.8, 4) is 23.0 Å². The molecule has 13 heteroatoms. The maximum Gasteiger partial charge on any atom is 0.224 e. The molecule has 4 heterocycles. The molecule has 0 aliphatic rings. The molecule has 0 spiro atoms. The molecule has 12 nitrogen and oxygen atoms in total. The molecule has 42 heavy (non-hydrogen) atoms. The minimum Gasteiger partial charge on any atom is -0.460 e. The van der Waals surface area contributed by atoms with E-state index in [1.165, 1.54) is 12.6 Å². The Bertz CT molecular complexity index is 2000. The summed E-state index contributed by atoms with van der Waals surface area (Å²) in [7, 11) is -1.15. The third-order valence-electron chi connectivity index (χ3n) is 6.67. The van der Waals surface area contributed by atoms with Crippen LogP contribution in [-0.2, 0) is 16.4 Å². The number of rotatable bonds is 10. The number of aryl methyl sites for hydroxylation is 1. The Labute approximate surface area is 242 Å². The first kappa shape index (κ1) is 27.3. The lowest BCUT2D eigenvalue weighted by atomic mass is 10.1. The quantitative estimate of drug-likeness (QED) is 0.241. The summed E-state index contributed by atoms with van der Waals surface area (Å²) in [6.07, 6.45) is 5.95. The largest absolute Gasteiger partial charge is 0.460 e. The summed E-state index contributed by atoms with van der Waals surface area (Å²) in [5.41, 5.74) is 4.06. The Hall–Kier alpha value is -4.88. The fourth-order valence-electron chi connectivity index (χ4n) is 4.45. The van der Waals surface area contributed by atoms with Gasteiger partial charge >= 0.3 is 0 Å². The van der Waals surface area contributed by atoms with Gasteiger partial charge < -0.3 is 14.5 Å². The van der Waals surface area contributed by atoms with Crippen molar-refractivity contribution in [1.29, 1.82) is 0 Å². The van der Waals surface area contributed by atoms with E-state index in [1.807, 2.05) is 67.4 Å². The molecule has 1 N–H and O–H groups in total. The topological polar surface area (TPSA) is 141 Å². The van der Waals surface area contributed by atoms with Gasteiger partial charge in [0.05, 0.1) is 17.8 Å². The number of aromatic nitrogens is 6. The van der Waals surface area contributed by atoms with Gasteiger partial charge in [0.1, 0.15) is 51.9 Å². The smallest absolute Gasteiger partial charge is 0.224 e. The van der Waals surface area contributed by atoms with Crippen LogP contribution in [0.15, 0.2) is 78.0 Å². The summed E-state index contributed by atoms with van der Waals surface area (Å²) in [4.78, 5) is 15.1. The molecule has 0 saturated heterocycles. The lowest BCUT2D eigenvalue weighted by Gasteiger charge is -2.14. The molecule has 0 atom stereocenters. The first-order valence-corrected chi connectivity index (χ1v) is 15.2. The second-order valence-electron chi connectivity index (χ2n) is 10.1. The highest BCUT2D eigenvalue weighted by Gasteiger charge is 2.13. The van der Waals surface area contributed by atoms with Crippen molar-refractivity contribution in [3.63, 3.8) is 0 Å². The molecule has 2 aromatic carbocycles. The van der Waals surface area contributed by atoms with Crippen molar-refractivity contribution in [1.82, 2.24) is 34.4 Å². The Balaban J connectivity index is 1.19. The van der Waals surface area contributed by atoms with Crippen molar-refractivity contribution in [2.45, 2.75) is 13.5 Å². The SMILES string of the molecule is Cc1cc(Nc2ncnc3ccc(-c4ccc(CN(C)CCS(C)(=O)=O)o4)cc23)ccc1Oc1cc2nncn2cn1. The minimum atomic E-state index is -3.02. The van der Waals surface area contributed by atoms with Crippen molar-refractivity contribution in [2.75, 3.05) is 30.9 Å².